The summed E-state index contributed by atoms with van der Waals surface area (Å²) in [5, 5.41) is 0. The van der Waals surface area contributed by atoms with Gasteiger partial charge < -0.3 is 4.48 Å². The first-order valence-electron chi connectivity index (χ1n) is 14.9. The monoisotopic (exact) mass is 564 g/mol. The number of allylic oxidation sites excluding steroid dienone is 3. The predicted octanol–water partition coefficient (Wildman–Crippen LogP) is 5.28. The molecule has 0 spiro atoms. The summed E-state index contributed by atoms with van der Waals surface area (Å²) in [6.07, 6.45) is 11.6. The number of quaternary nitrogens is 1. The van der Waals surface area contributed by atoms with E-state index < -0.39 is 13.5 Å². The standard InChI is InChI=1S/C32H46N3O4Si/c1-32-18-10-9-17-27(32)30(38)34(31(32)39)20-14-24-40(4,5)23-12-6-11-21-35(2,3)22-13-19-33-28(36)25-15-7-8-16-26(25)29(33)37/h7-10,15-17H,6,11-14,18-24H2,1-5H3/q+1. The van der Waals surface area contributed by atoms with Crippen LogP contribution < -0.4 is 0 Å². The zero-order valence-corrected chi connectivity index (χ0v) is 26.0. The zero-order valence-electron chi connectivity index (χ0n) is 25.0. The molecule has 4 rings (SSSR count). The van der Waals surface area contributed by atoms with E-state index >= 15 is 0 Å². The smallest absolute Gasteiger partial charge is 0.261 e. The Balaban J connectivity index is 1.11. The summed E-state index contributed by atoms with van der Waals surface area (Å²) in [6, 6.07) is 9.45. The number of rotatable bonds is 14. The Bertz CT molecular complexity index is 1200. The number of hydrogen-bond acceptors (Lipinski definition) is 4. The van der Waals surface area contributed by atoms with Crippen molar-refractivity contribution in [1.29, 1.82) is 0 Å². The number of unbranched alkanes of at least 4 members (excludes halogenated alkanes) is 2. The topological polar surface area (TPSA) is 74.8 Å². The Hall–Kier alpha value is -2.84. The minimum absolute atomic E-state index is 0.0305. The third kappa shape index (κ3) is 6.38. The van der Waals surface area contributed by atoms with Gasteiger partial charge in [-0.1, -0.05) is 62.0 Å². The van der Waals surface area contributed by atoms with Crippen molar-refractivity contribution in [2.75, 3.05) is 40.3 Å². The Morgan fingerprint density at radius 1 is 0.800 bits per heavy atom. The van der Waals surface area contributed by atoms with Gasteiger partial charge in [-0.2, -0.15) is 0 Å². The number of carbonyl (C=O) groups is 4. The molecule has 40 heavy (non-hydrogen) atoms. The number of amides is 4. The molecule has 1 saturated heterocycles. The molecule has 2 heterocycles. The molecule has 1 unspecified atom stereocenters. The van der Waals surface area contributed by atoms with Crippen LogP contribution in [-0.2, 0) is 9.59 Å². The van der Waals surface area contributed by atoms with Crippen LogP contribution in [0.3, 0.4) is 0 Å². The fourth-order valence-electron chi connectivity index (χ4n) is 6.38. The first kappa shape index (κ1) is 30.1. The molecular weight excluding hydrogens is 518 g/mol. The summed E-state index contributed by atoms with van der Waals surface area (Å²) >= 11 is 0. The van der Waals surface area contributed by atoms with Gasteiger partial charge >= 0.3 is 0 Å². The van der Waals surface area contributed by atoms with Gasteiger partial charge in [0.2, 0.25) is 5.91 Å². The second kappa shape index (κ2) is 11.9. The quantitative estimate of drug-likeness (QED) is 0.133. The molecule has 1 aliphatic carbocycles. The molecule has 1 aromatic rings. The molecule has 1 atom stereocenters. The van der Waals surface area contributed by atoms with Crippen molar-refractivity contribution in [2.24, 2.45) is 5.41 Å². The summed E-state index contributed by atoms with van der Waals surface area (Å²) in [7, 11) is 3.05. The van der Waals surface area contributed by atoms with Crippen LogP contribution in [0.15, 0.2) is 48.1 Å². The minimum Gasteiger partial charge on any atom is -0.328 e. The van der Waals surface area contributed by atoms with E-state index in [9.17, 15) is 19.2 Å². The zero-order chi connectivity index (χ0) is 29.1. The van der Waals surface area contributed by atoms with E-state index in [4.69, 9.17) is 0 Å². The van der Waals surface area contributed by atoms with Crippen molar-refractivity contribution >= 4 is 31.7 Å². The van der Waals surface area contributed by atoms with Crippen LogP contribution in [0.2, 0.25) is 25.2 Å². The van der Waals surface area contributed by atoms with Crippen LogP contribution in [0.4, 0.5) is 0 Å². The number of carbonyl (C=O) groups excluding carboxylic acids is 4. The van der Waals surface area contributed by atoms with Gasteiger partial charge in [-0.3, -0.25) is 29.0 Å². The van der Waals surface area contributed by atoms with Crippen molar-refractivity contribution in [3.8, 4) is 0 Å². The van der Waals surface area contributed by atoms with Crippen LogP contribution in [0.1, 0.15) is 66.2 Å². The molecular formula is C32H46N3O4Si+. The van der Waals surface area contributed by atoms with E-state index in [0.29, 0.717) is 36.2 Å². The minimum atomic E-state index is -1.40. The number of likely N-dealkylation sites (tertiary alicyclic amines) is 1. The lowest BCUT2D eigenvalue weighted by Crippen LogP contribution is -2.43. The van der Waals surface area contributed by atoms with Crippen LogP contribution >= 0.6 is 0 Å². The first-order valence-corrected chi connectivity index (χ1v) is 18.3. The van der Waals surface area contributed by atoms with E-state index in [1.807, 2.05) is 25.2 Å². The summed E-state index contributed by atoms with van der Waals surface area (Å²) in [6.45, 7) is 9.75. The Morgan fingerprint density at radius 3 is 2.05 bits per heavy atom. The molecule has 216 valence electrons. The average Bonchev–Trinajstić information content (AvgIpc) is 3.26. The van der Waals surface area contributed by atoms with Crippen LogP contribution in [0, 0.1) is 5.41 Å². The Labute approximate surface area is 240 Å². The van der Waals surface area contributed by atoms with Gasteiger partial charge in [0, 0.05) is 33.2 Å². The SMILES string of the molecule is CC12CC=CC=C1C(=O)N(CCC[Si](C)(C)CCCCC[N+](C)(C)CCCN1C(=O)c3ccccc3C1=O)C2=O. The molecule has 0 bridgehead atoms. The number of imide groups is 2. The summed E-state index contributed by atoms with van der Waals surface area (Å²) in [4.78, 5) is 53.9. The van der Waals surface area contributed by atoms with Gasteiger partial charge in [0.15, 0.2) is 0 Å². The molecule has 2 aliphatic heterocycles. The lowest BCUT2D eigenvalue weighted by atomic mass is 9.78. The van der Waals surface area contributed by atoms with Gasteiger partial charge in [0.1, 0.15) is 0 Å². The third-order valence-corrected chi connectivity index (χ3v) is 12.5. The van der Waals surface area contributed by atoms with Crippen molar-refractivity contribution < 1.29 is 23.7 Å². The number of fused-ring (bicyclic) bond motifs is 2. The Morgan fingerprint density at radius 2 is 1.40 bits per heavy atom. The van der Waals surface area contributed by atoms with E-state index in [1.165, 1.54) is 28.7 Å². The molecule has 1 aromatic carbocycles. The van der Waals surface area contributed by atoms with Crippen molar-refractivity contribution in [3.63, 3.8) is 0 Å². The van der Waals surface area contributed by atoms with Crippen molar-refractivity contribution in [3.05, 3.63) is 59.2 Å². The van der Waals surface area contributed by atoms with Gasteiger partial charge in [0.25, 0.3) is 17.7 Å². The van der Waals surface area contributed by atoms with Gasteiger partial charge in [0.05, 0.1) is 43.7 Å². The van der Waals surface area contributed by atoms with E-state index in [2.05, 4.69) is 27.2 Å². The summed E-state index contributed by atoms with van der Waals surface area (Å²) in [5.74, 6) is -0.464. The summed E-state index contributed by atoms with van der Waals surface area (Å²) < 4.78 is 0.882. The fraction of sp³-hybridized carbons (Fsp3) is 0.562. The van der Waals surface area contributed by atoms with E-state index in [-0.39, 0.29) is 23.6 Å². The Kier molecular flexibility index (Phi) is 9.00. The summed E-state index contributed by atoms with van der Waals surface area (Å²) in [5.41, 5.74) is 1.03. The maximum Gasteiger partial charge on any atom is 0.261 e. The normalized spacial score (nSPS) is 20.9. The molecule has 0 radical (unpaired) electrons. The maximum absolute atomic E-state index is 13.0. The molecule has 0 N–H and O–H groups in total. The number of nitrogens with zero attached hydrogens (tertiary/aromatic N) is 3. The molecule has 3 aliphatic rings. The molecule has 0 aromatic heterocycles. The highest BCUT2D eigenvalue weighted by molar-refractivity contribution is 6.77. The second-order valence-corrected chi connectivity index (χ2v) is 18.8. The maximum atomic E-state index is 13.0. The number of hydrogen-bond donors (Lipinski definition) is 0. The van der Waals surface area contributed by atoms with Crippen molar-refractivity contribution in [1.82, 2.24) is 9.80 Å². The number of benzene rings is 1. The molecule has 1 fully saturated rings. The van der Waals surface area contributed by atoms with E-state index in [0.717, 1.165) is 42.9 Å². The highest BCUT2D eigenvalue weighted by Gasteiger charge is 2.52. The van der Waals surface area contributed by atoms with Gasteiger partial charge in [-0.15, -0.1) is 0 Å². The predicted molar refractivity (Wildman–Crippen MR) is 160 cm³/mol. The lowest BCUT2D eigenvalue weighted by molar-refractivity contribution is -0.890. The van der Waals surface area contributed by atoms with Gasteiger partial charge in [-0.05, 0) is 44.7 Å². The second-order valence-electron chi connectivity index (χ2n) is 13.4. The van der Waals surface area contributed by atoms with Gasteiger partial charge in [-0.25, -0.2) is 0 Å². The van der Waals surface area contributed by atoms with Crippen molar-refractivity contribution in [2.45, 2.75) is 70.6 Å². The van der Waals surface area contributed by atoms with Crippen LogP contribution in [-0.4, -0.2) is 86.3 Å². The lowest BCUT2D eigenvalue weighted by Gasteiger charge is -2.30. The van der Waals surface area contributed by atoms with Crippen LogP contribution in [0.25, 0.3) is 0 Å². The third-order valence-electron chi connectivity index (χ3n) is 9.09. The fourth-order valence-corrected chi connectivity index (χ4v) is 8.95. The molecule has 7 nitrogen and oxygen atoms in total. The highest BCUT2D eigenvalue weighted by atomic mass is 28.3. The van der Waals surface area contributed by atoms with E-state index in [1.54, 1.807) is 24.3 Å². The average molecular weight is 565 g/mol. The first-order chi connectivity index (χ1) is 18.9. The van der Waals surface area contributed by atoms with Crippen LogP contribution in [0.5, 0.6) is 0 Å². The molecule has 0 saturated carbocycles. The molecule has 8 heteroatoms. The molecule has 4 amide bonds. The largest absolute Gasteiger partial charge is 0.328 e. The highest BCUT2D eigenvalue weighted by Crippen LogP contribution is 2.43.